The molecule has 3 aromatic rings. The number of fused-ring (bicyclic) bond motifs is 1. The number of amides is 1. The summed E-state index contributed by atoms with van der Waals surface area (Å²) < 4.78 is 12.8. The second-order valence-corrected chi connectivity index (χ2v) is 10.5. The molecule has 1 atom stereocenters. The third kappa shape index (κ3) is 5.29. The van der Waals surface area contributed by atoms with Gasteiger partial charge >= 0.3 is 6.09 Å². The van der Waals surface area contributed by atoms with E-state index in [4.69, 9.17) is 30.6 Å². The normalized spacial score (nSPS) is 22.2. The van der Waals surface area contributed by atoms with Crippen LogP contribution in [0.5, 0.6) is 0 Å². The number of imidazole rings is 1. The Bertz CT molecular complexity index is 1310. The predicted molar refractivity (Wildman–Crippen MR) is 142 cm³/mol. The molecule has 1 saturated carbocycles. The lowest BCUT2D eigenvalue weighted by molar-refractivity contribution is 0.0976. The van der Waals surface area contributed by atoms with E-state index in [0.717, 1.165) is 41.6 Å². The van der Waals surface area contributed by atoms with Crippen molar-refractivity contribution in [3.8, 4) is 11.3 Å². The van der Waals surface area contributed by atoms with Crippen LogP contribution in [0.3, 0.4) is 0 Å². The molecule has 1 saturated heterocycles. The van der Waals surface area contributed by atoms with Crippen LogP contribution in [0.15, 0.2) is 24.3 Å². The van der Waals surface area contributed by atoms with Gasteiger partial charge in [-0.1, -0.05) is 43.5 Å². The van der Waals surface area contributed by atoms with E-state index < -0.39 is 12.0 Å². The molecule has 3 heterocycles. The maximum Gasteiger partial charge on any atom is 0.411 e. The van der Waals surface area contributed by atoms with Crippen LogP contribution < -0.4 is 10.6 Å². The lowest BCUT2D eigenvalue weighted by Crippen LogP contribution is -2.45. The van der Waals surface area contributed by atoms with Gasteiger partial charge in [0, 0.05) is 18.7 Å². The molecule has 1 aliphatic heterocycles. The molecule has 0 radical (unpaired) electrons. The number of ether oxygens (including phenoxy) is 2. The smallest absolute Gasteiger partial charge is 0.388 e. The Labute approximate surface area is 216 Å². The summed E-state index contributed by atoms with van der Waals surface area (Å²) >= 11 is 0. The Morgan fingerprint density at radius 1 is 1.19 bits per heavy atom. The number of hydrogen-bond donors (Lipinski definition) is 2. The van der Waals surface area contributed by atoms with E-state index in [-0.39, 0.29) is 11.9 Å². The third-order valence-electron chi connectivity index (χ3n) is 7.48. The molecule has 0 spiro atoms. The van der Waals surface area contributed by atoms with Gasteiger partial charge in [0.1, 0.15) is 11.2 Å². The molecule has 196 valence electrons. The van der Waals surface area contributed by atoms with Crippen LogP contribution in [-0.2, 0) is 16.0 Å². The number of rotatable bonds is 5. The molecule has 2 aromatic heterocycles. The maximum absolute atomic E-state index is 11.4. The minimum Gasteiger partial charge on any atom is -0.388 e. The number of anilines is 1. The lowest BCUT2D eigenvalue weighted by Gasteiger charge is -2.35. The first-order chi connectivity index (χ1) is 17.8. The molecule has 2 aliphatic rings. The number of nitrogens with zero attached hydrogens (tertiary/aromatic N) is 5. The van der Waals surface area contributed by atoms with Gasteiger partial charge in [-0.05, 0) is 44.6 Å². The fourth-order valence-corrected chi connectivity index (χ4v) is 5.45. The van der Waals surface area contributed by atoms with Gasteiger partial charge in [-0.3, -0.25) is 5.41 Å². The predicted octanol–water partition coefficient (Wildman–Crippen LogP) is 4.27. The molecule has 10 heteroatoms. The highest BCUT2D eigenvalue weighted by Gasteiger charge is 2.30. The SMILES string of the molecule is Cc1cccc(-c2nc(C(=N)OC(N)=O)nc3nc(N4CCOC[C@@H]4C)n(C[C@H]4CC[C@H](C)CC4)c23)c1. The number of carbonyl (C=O) groups excluding carboxylic acids is 1. The van der Waals surface area contributed by atoms with E-state index in [1.165, 1.54) is 25.7 Å². The van der Waals surface area contributed by atoms with E-state index in [2.05, 4.69) is 34.4 Å². The number of hydrogen-bond acceptors (Lipinski definition) is 8. The first-order valence-electron chi connectivity index (χ1n) is 13.1. The Kier molecular flexibility index (Phi) is 7.10. The summed E-state index contributed by atoms with van der Waals surface area (Å²) in [5, 5.41) is 8.24. The molecule has 5 rings (SSSR count). The minimum atomic E-state index is -1.08. The number of aromatic nitrogens is 4. The van der Waals surface area contributed by atoms with Crippen molar-refractivity contribution in [2.75, 3.05) is 24.7 Å². The van der Waals surface area contributed by atoms with E-state index >= 15 is 0 Å². The molecule has 0 unspecified atom stereocenters. The van der Waals surface area contributed by atoms with Crippen molar-refractivity contribution in [1.82, 2.24) is 19.5 Å². The molecule has 1 amide bonds. The number of primary amides is 1. The van der Waals surface area contributed by atoms with Gasteiger partial charge in [-0.15, -0.1) is 0 Å². The van der Waals surface area contributed by atoms with Gasteiger partial charge in [-0.25, -0.2) is 14.8 Å². The van der Waals surface area contributed by atoms with Crippen LogP contribution in [0.4, 0.5) is 10.7 Å². The highest BCUT2D eigenvalue weighted by atomic mass is 16.6. The van der Waals surface area contributed by atoms with Crippen molar-refractivity contribution in [3.05, 3.63) is 35.7 Å². The molecule has 10 nitrogen and oxygen atoms in total. The third-order valence-corrected chi connectivity index (χ3v) is 7.48. The van der Waals surface area contributed by atoms with Crippen LogP contribution in [0.2, 0.25) is 0 Å². The molecular formula is C27H35N7O3. The summed E-state index contributed by atoms with van der Waals surface area (Å²) in [6.07, 6.45) is 3.73. The number of benzene rings is 1. The number of carbonyl (C=O) groups is 1. The summed E-state index contributed by atoms with van der Waals surface area (Å²) in [4.78, 5) is 28.0. The number of nitrogens with one attached hydrogen (secondary N) is 1. The summed E-state index contributed by atoms with van der Waals surface area (Å²) in [6.45, 7) is 9.31. The monoisotopic (exact) mass is 505 g/mol. The van der Waals surface area contributed by atoms with E-state index in [0.29, 0.717) is 30.5 Å². The Morgan fingerprint density at radius 2 is 1.97 bits per heavy atom. The van der Waals surface area contributed by atoms with Crippen molar-refractivity contribution >= 4 is 29.1 Å². The van der Waals surface area contributed by atoms with Crippen LogP contribution in [-0.4, -0.2) is 57.3 Å². The van der Waals surface area contributed by atoms with Gasteiger partial charge < -0.3 is 24.7 Å². The van der Waals surface area contributed by atoms with E-state index in [9.17, 15) is 4.79 Å². The molecule has 2 fully saturated rings. The lowest BCUT2D eigenvalue weighted by atomic mass is 9.83. The fraction of sp³-hybridized carbons (Fsp3) is 0.519. The zero-order chi connectivity index (χ0) is 26.1. The molecule has 3 N–H and O–H groups in total. The highest BCUT2D eigenvalue weighted by Crippen LogP contribution is 2.36. The molecule has 37 heavy (non-hydrogen) atoms. The first-order valence-corrected chi connectivity index (χ1v) is 13.1. The molecule has 1 aliphatic carbocycles. The number of morpholine rings is 1. The zero-order valence-corrected chi connectivity index (χ0v) is 21.7. The van der Waals surface area contributed by atoms with Crippen LogP contribution in [0.1, 0.15) is 50.9 Å². The van der Waals surface area contributed by atoms with Gasteiger partial charge in [0.25, 0.3) is 5.90 Å². The second-order valence-electron chi connectivity index (χ2n) is 10.5. The zero-order valence-electron chi connectivity index (χ0n) is 21.7. The van der Waals surface area contributed by atoms with Crippen molar-refractivity contribution in [3.63, 3.8) is 0 Å². The van der Waals surface area contributed by atoms with Gasteiger partial charge in [0.05, 0.1) is 19.3 Å². The largest absolute Gasteiger partial charge is 0.411 e. The van der Waals surface area contributed by atoms with E-state index in [1.807, 2.05) is 25.1 Å². The molecule has 0 bridgehead atoms. The first kappa shape index (κ1) is 25.1. The van der Waals surface area contributed by atoms with Crippen molar-refractivity contribution in [2.45, 2.75) is 59.0 Å². The summed E-state index contributed by atoms with van der Waals surface area (Å²) in [7, 11) is 0. The minimum absolute atomic E-state index is 0.0273. The van der Waals surface area contributed by atoms with Crippen molar-refractivity contribution < 1.29 is 14.3 Å². The summed E-state index contributed by atoms with van der Waals surface area (Å²) in [6, 6.07) is 8.22. The standard InChI is InChI=1S/C27H35N7O3/c1-16-7-9-19(10-8-16)14-34-22-21(20-6-4-5-17(2)13-20)30-25(23(28)37-26(29)35)31-24(22)32-27(34)33-11-12-36-15-18(33)3/h4-6,13,16,18-19,28H,7-12,14-15H2,1-3H3,(H2,29,35)/t16-,18-,19-/m0/s1. The maximum atomic E-state index is 11.4. The Hall–Kier alpha value is -3.53. The van der Waals surface area contributed by atoms with Crippen LogP contribution in [0, 0.1) is 24.2 Å². The number of nitrogens with two attached hydrogens (primary N) is 1. The average molecular weight is 506 g/mol. The van der Waals surface area contributed by atoms with Gasteiger partial charge in [0.15, 0.2) is 5.65 Å². The highest BCUT2D eigenvalue weighted by molar-refractivity contribution is 5.98. The molecular weight excluding hydrogens is 470 g/mol. The Balaban J connectivity index is 1.71. The van der Waals surface area contributed by atoms with Gasteiger partial charge in [-0.2, -0.15) is 4.98 Å². The summed E-state index contributed by atoms with van der Waals surface area (Å²) in [5.74, 6) is 1.61. The Morgan fingerprint density at radius 3 is 2.68 bits per heavy atom. The topological polar surface area (TPSA) is 132 Å². The second kappa shape index (κ2) is 10.5. The van der Waals surface area contributed by atoms with Gasteiger partial charge in [0.2, 0.25) is 11.8 Å². The molecule has 1 aromatic carbocycles. The van der Waals surface area contributed by atoms with E-state index in [1.54, 1.807) is 0 Å². The van der Waals surface area contributed by atoms with Crippen molar-refractivity contribution in [2.24, 2.45) is 17.6 Å². The quantitative estimate of drug-likeness (QED) is 0.391. The number of aryl methyl sites for hydroxylation is 1. The van der Waals surface area contributed by atoms with Crippen LogP contribution in [0.25, 0.3) is 22.4 Å². The van der Waals surface area contributed by atoms with Crippen LogP contribution >= 0.6 is 0 Å². The van der Waals surface area contributed by atoms with Crippen molar-refractivity contribution in [1.29, 1.82) is 5.41 Å². The summed E-state index contributed by atoms with van der Waals surface area (Å²) in [5.41, 5.74) is 9.10. The average Bonchev–Trinajstić information content (AvgIpc) is 3.22. The fourth-order valence-electron chi connectivity index (χ4n) is 5.45.